The summed E-state index contributed by atoms with van der Waals surface area (Å²) in [5.41, 5.74) is 7.23. The zero-order valence-electron chi connectivity index (χ0n) is 17.0. The topological polar surface area (TPSA) is 145 Å². The van der Waals surface area contributed by atoms with Crippen LogP contribution in [0.3, 0.4) is 0 Å². The number of nitrogens with one attached hydrogen (secondary N) is 2. The lowest BCUT2D eigenvalue weighted by Crippen LogP contribution is -2.49. The molecular formula is C22H26N4O5. The first-order chi connectivity index (χ1) is 14.9. The van der Waals surface area contributed by atoms with Gasteiger partial charge >= 0.3 is 0 Å². The molecule has 3 amide bonds. The normalized spacial score (nSPS) is 16.5. The number of amides is 3. The molecule has 1 atom stereocenters. The third-order valence-electron chi connectivity index (χ3n) is 5.10. The maximum Gasteiger partial charge on any atom is 0.252 e. The fourth-order valence-corrected chi connectivity index (χ4v) is 3.45. The van der Waals surface area contributed by atoms with Gasteiger partial charge in [-0.15, -0.1) is 0 Å². The summed E-state index contributed by atoms with van der Waals surface area (Å²) in [6.45, 7) is 0.647. The highest BCUT2D eigenvalue weighted by Gasteiger charge is 2.29. The quantitative estimate of drug-likeness (QED) is 0.440. The van der Waals surface area contributed by atoms with E-state index in [1.165, 1.54) is 17.0 Å². The molecule has 0 saturated carbocycles. The molecule has 0 bridgehead atoms. The SMILES string of the molecule is NCc1cccc(NC(=O)CN2CCCCC(NC(=O)c3ccc(O)c(O)c3)C2=O)c1. The molecule has 2 aromatic rings. The Kier molecular flexibility index (Phi) is 7.09. The number of anilines is 1. The fraction of sp³-hybridized carbons (Fsp3) is 0.318. The van der Waals surface area contributed by atoms with E-state index in [9.17, 15) is 24.6 Å². The molecule has 0 spiro atoms. The summed E-state index contributed by atoms with van der Waals surface area (Å²) in [6, 6.07) is 10.1. The van der Waals surface area contributed by atoms with Crippen LogP contribution in [0.1, 0.15) is 35.2 Å². The number of carbonyl (C=O) groups excluding carboxylic acids is 3. The van der Waals surface area contributed by atoms with Crippen LogP contribution in [0.5, 0.6) is 11.5 Å². The van der Waals surface area contributed by atoms with Crippen molar-refractivity contribution in [3.63, 3.8) is 0 Å². The summed E-state index contributed by atoms with van der Waals surface area (Å²) in [7, 11) is 0. The molecule has 1 unspecified atom stereocenters. The Morgan fingerprint density at radius 1 is 1.10 bits per heavy atom. The maximum absolute atomic E-state index is 12.9. The molecule has 1 saturated heterocycles. The predicted octanol–water partition coefficient (Wildman–Crippen LogP) is 1.31. The second-order valence-electron chi connectivity index (χ2n) is 7.44. The third kappa shape index (κ3) is 5.73. The van der Waals surface area contributed by atoms with E-state index < -0.39 is 17.7 Å². The van der Waals surface area contributed by atoms with Crippen LogP contribution in [-0.2, 0) is 16.1 Å². The third-order valence-corrected chi connectivity index (χ3v) is 5.10. The zero-order chi connectivity index (χ0) is 22.4. The Balaban J connectivity index is 1.63. The van der Waals surface area contributed by atoms with Crippen LogP contribution < -0.4 is 16.4 Å². The Morgan fingerprint density at radius 2 is 1.90 bits per heavy atom. The molecule has 31 heavy (non-hydrogen) atoms. The Morgan fingerprint density at radius 3 is 2.65 bits per heavy atom. The van der Waals surface area contributed by atoms with E-state index in [0.717, 1.165) is 11.6 Å². The molecular weight excluding hydrogens is 400 g/mol. The minimum Gasteiger partial charge on any atom is -0.504 e. The summed E-state index contributed by atoms with van der Waals surface area (Å²) in [5, 5.41) is 24.4. The number of likely N-dealkylation sites (tertiary alicyclic amines) is 1. The number of hydrogen-bond donors (Lipinski definition) is 5. The lowest BCUT2D eigenvalue weighted by Gasteiger charge is -2.24. The van der Waals surface area contributed by atoms with Gasteiger partial charge in [-0.2, -0.15) is 0 Å². The molecule has 1 fully saturated rings. The molecule has 2 aromatic carbocycles. The highest BCUT2D eigenvalue weighted by atomic mass is 16.3. The van der Waals surface area contributed by atoms with E-state index in [4.69, 9.17) is 5.73 Å². The van der Waals surface area contributed by atoms with Gasteiger partial charge in [0.05, 0.1) is 6.54 Å². The summed E-state index contributed by atoms with van der Waals surface area (Å²) in [4.78, 5) is 39.4. The summed E-state index contributed by atoms with van der Waals surface area (Å²) in [5.74, 6) is -1.97. The van der Waals surface area contributed by atoms with Crippen molar-refractivity contribution in [3.05, 3.63) is 53.6 Å². The van der Waals surface area contributed by atoms with E-state index in [2.05, 4.69) is 10.6 Å². The van der Waals surface area contributed by atoms with Crippen molar-refractivity contribution in [3.8, 4) is 11.5 Å². The fourth-order valence-electron chi connectivity index (χ4n) is 3.45. The van der Waals surface area contributed by atoms with Crippen molar-refractivity contribution >= 4 is 23.4 Å². The molecule has 9 heteroatoms. The molecule has 6 N–H and O–H groups in total. The van der Waals surface area contributed by atoms with Crippen molar-refractivity contribution in [1.29, 1.82) is 0 Å². The van der Waals surface area contributed by atoms with Crippen LogP contribution in [-0.4, -0.2) is 52.0 Å². The van der Waals surface area contributed by atoms with Crippen molar-refractivity contribution in [2.75, 3.05) is 18.4 Å². The highest BCUT2D eigenvalue weighted by molar-refractivity contribution is 5.99. The molecule has 164 valence electrons. The molecule has 9 nitrogen and oxygen atoms in total. The van der Waals surface area contributed by atoms with Gasteiger partial charge in [-0.1, -0.05) is 12.1 Å². The predicted molar refractivity (Wildman–Crippen MR) is 114 cm³/mol. The number of phenolic OH excluding ortho intramolecular Hbond substituents is 2. The van der Waals surface area contributed by atoms with Crippen LogP contribution in [0.15, 0.2) is 42.5 Å². The minimum absolute atomic E-state index is 0.122. The highest BCUT2D eigenvalue weighted by Crippen LogP contribution is 2.25. The molecule has 3 rings (SSSR count). The Bertz CT molecular complexity index is 978. The number of rotatable bonds is 6. The van der Waals surface area contributed by atoms with Crippen molar-refractivity contribution in [1.82, 2.24) is 10.2 Å². The summed E-state index contributed by atoms with van der Waals surface area (Å²) < 4.78 is 0. The van der Waals surface area contributed by atoms with Crippen LogP contribution in [0.2, 0.25) is 0 Å². The van der Waals surface area contributed by atoms with E-state index in [-0.39, 0.29) is 29.7 Å². The smallest absolute Gasteiger partial charge is 0.252 e. The molecule has 0 radical (unpaired) electrons. The molecule has 1 heterocycles. The van der Waals surface area contributed by atoms with E-state index in [0.29, 0.717) is 38.0 Å². The van der Waals surface area contributed by atoms with E-state index >= 15 is 0 Å². The van der Waals surface area contributed by atoms with Crippen molar-refractivity contribution in [2.24, 2.45) is 5.73 Å². The summed E-state index contributed by atoms with van der Waals surface area (Å²) in [6.07, 6.45) is 1.88. The standard InChI is InChI=1S/C22H26N4O5/c23-12-14-4-3-5-16(10-14)24-20(29)13-26-9-2-1-6-17(22(26)31)25-21(30)15-7-8-18(27)19(28)11-15/h3-5,7-8,10-11,17,27-28H,1-2,6,9,12-13,23H2,(H,24,29)(H,25,30). The number of nitrogens with two attached hydrogens (primary N) is 1. The average molecular weight is 426 g/mol. The molecule has 0 aliphatic carbocycles. The van der Waals surface area contributed by atoms with Gasteiger partial charge in [-0.25, -0.2) is 0 Å². The van der Waals surface area contributed by atoms with Crippen LogP contribution >= 0.6 is 0 Å². The average Bonchev–Trinajstić information content (AvgIpc) is 2.92. The lowest BCUT2D eigenvalue weighted by molar-refractivity contribution is -0.135. The Labute approximate surface area is 179 Å². The summed E-state index contributed by atoms with van der Waals surface area (Å²) >= 11 is 0. The van der Waals surface area contributed by atoms with Gasteiger partial charge in [0.25, 0.3) is 5.91 Å². The number of carbonyl (C=O) groups is 3. The van der Waals surface area contributed by atoms with Crippen molar-refractivity contribution in [2.45, 2.75) is 31.8 Å². The number of phenols is 2. The van der Waals surface area contributed by atoms with Gasteiger partial charge in [-0.3, -0.25) is 14.4 Å². The minimum atomic E-state index is -0.778. The first-order valence-corrected chi connectivity index (χ1v) is 10.1. The molecule has 1 aliphatic heterocycles. The van der Waals surface area contributed by atoms with Gasteiger partial charge in [-0.05, 0) is 55.2 Å². The number of benzene rings is 2. The van der Waals surface area contributed by atoms with Gasteiger partial charge in [0.2, 0.25) is 11.8 Å². The number of hydrogen-bond acceptors (Lipinski definition) is 6. The van der Waals surface area contributed by atoms with Gasteiger partial charge in [0, 0.05) is 24.3 Å². The van der Waals surface area contributed by atoms with Crippen LogP contribution in [0.25, 0.3) is 0 Å². The monoisotopic (exact) mass is 426 g/mol. The van der Waals surface area contributed by atoms with Gasteiger partial charge in [0.15, 0.2) is 11.5 Å². The second kappa shape index (κ2) is 9.94. The largest absolute Gasteiger partial charge is 0.504 e. The zero-order valence-corrected chi connectivity index (χ0v) is 17.0. The number of aromatic hydroxyl groups is 2. The van der Waals surface area contributed by atoms with E-state index in [1.807, 2.05) is 6.07 Å². The van der Waals surface area contributed by atoms with Gasteiger partial charge in [0.1, 0.15) is 6.04 Å². The molecule has 0 aromatic heterocycles. The first-order valence-electron chi connectivity index (χ1n) is 10.1. The van der Waals surface area contributed by atoms with Crippen LogP contribution in [0, 0.1) is 0 Å². The van der Waals surface area contributed by atoms with Crippen LogP contribution in [0.4, 0.5) is 5.69 Å². The Hall–Kier alpha value is -3.59. The van der Waals surface area contributed by atoms with Crippen molar-refractivity contribution < 1.29 is 24.6 Å². The van der Waals surface area contributed by atoms with E-state index in [1.54, 1.807) is 18.2 Å². The number of nitrogens with zero attached hydrogens (tertiary/aromatic N) is 1. The first kappa shape index (κ1) is 22.1. The lowest BCUT2D eigenvalue weighted by atomic mass is 10.1. The maximum atomic E-state index is 12.9. The van der Waals surface area contributed by atoms with Gasteiger partial charge < -0.3 is 31.5 Å². The molecule has 1 aliphatic rings. The second-order valence-corrected chi connectivity index (χ2v) is 7.44.